The fraction of sp³-hybridized carbons (Fsp3) is 0.143. The SMILES string of the molecule is CC(=O)C(N=Nc1cccc(C(=O)Nc2cc(Cl)cc(Cl)c2)c1Cl)C(=O)Nc1cc(C)c(NC(=O)C(N=Nc2cccc(C(=O)Nc3cc(Cl)cc(Cl)c3)c2Cl)C(C)=O)c(C)c1. The Labute approximate surface area is 384 Å². The second kappa shape index (κ2) is 20.9. The molecule has 20 heteroatoms. The number of halogens is 6. The van der Waals surface area contributed by atoms with Gasteiger partial charge in [0, 0.05) is 42.8 Å². The van der Waals surface area contributed by atoms with Gasteiger partial charge in [-0.15, -0.1) is 0 Å². The van der Waals surface area contributed by atoms with Gasteiger partial charge in [0.2, 0.25) is 12.1 Å². The van der Waals surface area contributed by atoms with E-state index in [9.17, 15) is 28.8 Å². The molecule has 5 aromatic carbocycles. The minimum absolute atomic E-state index is 0.0118. The van der Waals surface area contributed by atoms with Crippen LogP contribution in [-0.4, -0.2) is 47.3 Å². The maximum atomic E-state index is 13.4. The average molecular weight is 957 g/mol. The molecule has 4 N–H and O–H groups in total. The normalized spacial score (nSPS) is 12.2. The van der Waals surface area contributed by atoms with Crippen molar-refractivity contribution in [3.05, 3.63) is 137 Å². The topological polar surface area (TPSA) is 200 Å². The smallest absolute Gasteiger partial charge is 0.258 e. The number of carbonyl (C=O) groups excluding carboxylic acids is 6. The monoisotopic (exact) mass is 954 g/mol. The van der Waals surface area contributed by atoms with Gasteiger partial charge in [-0.05, 0) is 112 Å². The largest absolute Gasteiger partial charge is 0.324 e. The molecule has 0 aromatic heterocycles. The van der Waals surface area contributed by atoms with Gasteiger partial charge in [-0.25, -0.2) is 0 Å². The molecule has 0 saturated heterocycles. The molecule has 5 rings (SSSR count). The van der Waals surface area contributed by atoms with Gasteiger partial charge in [0.15, 0.2) is 11.6 Å². The van der Waals surface area contributed by atoms with E-state index in [4.69, 9.17) is 69.6 Å². The van der Waals surface area contributed by atoms with Crippen LogP contribution in [0.3, 0.4) is 0 Å². The molecule has 14 nitrogen and oxygen atoms in total. The van der Waals surface area contributed by atoms with Crippen LogP contribution in [0.15, 0.2) is 105 Å². The lowest BCUT2D eigenvalue weighted by molar-refractivity contribution is -0.127. The summed E-state index contributed by atoms with van der Waals surface area (Å²) in [6.07, 6.45) is 0. The van der Waals surface area contributed by atoms with Gasteiger partial charge >= 0.3 is 0 Å². The number of anilines is 4. The first-order valence-corrected chi connectivity index (χ1v) is 20.3. The Hall–Kier alpha value is -5.74. The lowest BCUT2D eigenvalue weighted by Gasteiger charge is -2.17. The Kier molecular flexibility index (Phi) is 15.9. The molecule has 0 aliphatic rings. The fourth-order valence-electron chi connectivity index (χ4n) is 5.71. The first-order valence-electron chi connectivity index (χ1n) is 18.0. The number of ketones is 2. The van der Waals surface area contributed by atoms with Crippen LogP contribution >= 0.6 is 69.6 Å². The van der Waals surface area contributed by atoms with E-state index in [0.717, 1.165) is 13.8 Å². The van der Waals surface area contributed by atoms with Crippen molar-refractivity contribution in [2.45, 2.75) is 39.8 Å². The molecule has 0 heterocycles. The molecule has 0 bridgehead atoms. The van der Waals surface area contributed by atoms with E-state index >= 15 is 0 Å². The standard InChI is InChI=1S/C42H32Cl6N8O6/c1-19-11-27(51-41(61)37(21(3)57)55-53-32-9-5-7-30(34(32)47)39(59)49-28-15-23(43)13-24(44)16-28)12-20(2)36(19)52-42(62)38(22(4)58)56-54-33-10-6-8-31(35(33)48)40(60)50-29-17-25(45)14-26(46)18-29/h5-18,37-38H,1-4H3,(H,49,59)(H,50,60)(H,51,61)(H,52,62). The molecule has 4 amide bonds. The van der Waals surface area contributed by atoms with Crippen LogP contribution in [0.25, 0.3) is 0 Å². The van der Waals surface area contributed by atoms with Crippen LogP contribution in [0, 0.1) is 13.8 Å². The molecule has 2 unspecified atom stereocenters. The second-order valence-electron chi connectivity index (χ2n) is 13.4. The van der Waals surface area contributed by atoms with Crippen molar-refractivity contribution in [3.8, 4) is 0 Å². The fourth-order valence-corrected chi connectivity index (χ4v) is 7.26. The van der Waals surface area contributed by atoms with Crippen molar-refractivity contribution >= 4 is 139 Å². The van der Waals surface area contributed by atoms with E-state index in [1.807, 2.05) is 0 Å². The Morgan fingerprint density at radius 3 is 1.21 bits per heavy atom. The van der Waals surface area contributed by atoms with Crippen molar-refractivity contribution in [2.75, 3.05) is 21.3 Å². The Balaban J connectivity index is 1.27. The van der Waals surface area contributed by atoms with E-state index in [2.05, 4.69) is 41.7 Å². The number of amides is 4. The predicted molar refractivity (Wildman–Crippen MR) is 243 cm³/mol. The number of nitrogens with zero attached hydrogens (tertiary/aromatic N) is 4. The number of benzene rings is 5. The summed E-state index contributed by atoms with van der Waals surface area (Å²) in [5, 5.41) is 27.6. The third kappa shape index (κ3) is 12.2. The van der Waals surface area contributed by atoms with Gasteiger partial charge in [-0.3, -0.25) is 28.8 Å². The molecule has 0 aliphatic carbocycles. The number of aryl methyl sites for hydroxylation is 2. The number of hydrogen-bond donors (Lipinski definition) is 4. The van der Waals surface area contributed by atoms with Gasteiger partial charge in [0.05, 0.1) is 21.2 Å². The summed E-state index contributed by atoms with van der Waals surface area (Å²) >= 11 is 37.1. The lowest BCUT2D eigenvalue weighted by atomic mass is 10.1. The van der Waals surface area contributed by atoms with Crippen LogP contribution in [0.5, 0.6) is 0 Å². The van der Waals surface area contributed by atoms with E-state index in [0.29, 0.717) is 48.3 Å². The van der Waals surface area contributed by atoms with Gasteiger partial charge in [0.25, 0.3) is 23.6 Å². The van der Waals surface area contributed by atoms with E-state index in [-0.39, 0.29) is 38.2 Å². The summed E-state index contributed by atoms with van der Waals surface area (Å²) in [4.78, 5) is 78.0. The second-order valence-corrected chi connectivity index (χ2v) is 15.9. The molecule has 2 atom stereocenters. The van der Waals surface area contributed by atoms with Crippen LogP contribution in [0.4, 0.5) is 34.1 Å². The quantitative estimate of drug-likeness (QED) is 0.0630. The van der Waals surface area contributed by atoms with Crippen molar-refractivity contribution in [3.63, 3.8) is 0 Å². The van der Waals surface area contributed by atoms with Crippen molar-refractivity contribution in [1.82, 2.24) is 0 Å². The molecule has 0 saturated carbocycles. The first-order chi connectivity index (χ1) is 29.3. The molecule has 0 spiro atoms. The molecule has 5 aromatic rings. The van der Waals surface area contributed by atoms with Crippen molar-refractivity contribution < 1.29 is 28.8 Å². The summed E-state index contributed by atoms with van der Waals surface area (Å²) in [5.41, 5.74) is 2.23. The average Bonchev–Trinajstić information content (AvgIpc) is 3.16. The molecular weight excluding hydrogens is 925 g/mol. The highest BCUT2D eigenvalue weighted by molar-refractivity contribution is 6.38. The lowest BCUT2D eigenvalue weighted by Crippen LogP contribution is -2.33. The van der Waals surface area contributed by atoms with E-state index in [1.165, 1.54) is 84.9 Å². The zero-order valence-electron chi connectivity index (χ0n) is 32.7. The highest BCUT2D eigenvalue weighted by Crippen LogP contribution is 2.33. The predicted octanol–water partition coefficient (Wildman–Crippen LogP) is 12.1. The maximum absolute atomic E-state index is 13.4. The van der Waals surface area contributed by atoms with Gasteiger partial charge in [-0.2, -0.15) is 20.5 Å². The summed E-state index contributed by atoms with van der Waals surface area (Å²) in [5.74, 6) is -4.14. The van der Waals surface area contributed by atoms with Crippen molar-refractivity contribution in [2.24, 2.45) is 20.5 Å². The third-order valence-electron chi connectivity index (χ3n) is 8.56. The van der Waals surface area contributed by atoms with Gasteiger partial charge < -0.3 is 21.3 Å². The highest BCUT2D eigenvalue weighted by atomic mass is 35.5. The van der Waals surface area contributed by atoms with Crippen LogP contribution < -0.4 is 21.3 Å². The molecule has 0 radical (unpaired) electrons. The summed E-state index contributed by atoms with van der Waals surface area (Å²) in [7, 11) is 0. The van der Waals surface area contributed by atoms with Crippen LogP contribution in [0.1, 0.15) is 45.7 Å². The maximum Gasteiger partial charge on any atom is 0.258 e. The summed E-state index contributed by atoms with van der Waals surface area (Å²) in [6, 6.07) is 17.6. The number of nitrogens with one attached hydrogen (secondary N) is 4. The number of hydrogen-bond acceptors (Lipinski definition) is 10. The zero-order valence-corrected chi connectivity index (χ0v) is 37.3. The first kappa shape index (κ1) is 47.3. The van der Waals surface area contributed by atoms with Crippen molar-refractivity contribution in [1.29, 1.82) is 0 Å². The Morgan fingerprint density at radius 2 is 0.839 bits per heavy atom. The van der Waals surface area contributed by atoms with E-state index in [1.54, 1.807) is 13.8 Å². The molecule has 0 aliphatic heterocycles. The van der Waals surface area contributed by atoms with Crippen LogP contribution in [-0.2, 0) is 19.2 Å². The number of azo groups is 2. The number of rotatable bonds is 14. The Bertz CT molecular complexity index is 2650. The highest BCUT2D eigenvalue weighted by Gasteiger charge is 2.27. The van der Waals surface area contributed by atoms with Gasteiger partial charge in [-0.1, -0.05) is 81.7 Å². The zero-order chi connectivity index (χ0) is 45.4. The van der Waals surface area contributed by atoms with Gasteiger partial charge in [0.1, 0.15) is 11.4 Å². The summed E-state index contributed by atoms with van der Waals surface area (Å²) in [6.45, 7) is 5.60. The van der Waals surface area contributed by atoms with E-state index < -0.39 is 47.3 Å². The number of carbonyl (C=O) groups is 6. The van der Waals surface area contributed by atoms with Crippen LogP contribution in [0.2, 0.25) is 30.1 Å². The molecule has 0 fully saturated rings. The molecular formula is C42H32Cl6N8O6. The molecule has 318 valence electrons. The minimum atomic E-state index is -1.61. The minimum Gasteiger partial charge on any atom is -0.324 e. The molecule has 62 heavy (non-hydrogen) atoms. The summed E-state index contributed by atoms with van der Waals surface area (Å²) < 4.78 is 0. The Morgan fingerprint density at radius 1 is 0.484 bits per heavy atom. The third-order valence-corrected chi connectivity index (χ3v) is 10.2. The number of Topliss-reactive ketones (excluding diaryl/α,β-unsaturated/α-hetero) is 2.